The van der Waals surface area contributed by atoms with Crippen LogP contribution in [0.5, 0.6) is 0 Å². The van der Waals surface area contributed by atoms with Crippen molar-refractivity contribution in [1.29, 1.82) is 0 Å². The van der Waals surface area contributed by atoms with Gasteiger partial charge in [-0.25, -0.2) is 4.79 Å². The standard InChI is InChI=1S/C29H29N5O2S/c1-29(2,3)36-28(35)30-24(18-20-10-6-4-7-11-20)26-31-32-27-34(26)33-25(19-37-27)23-16-14-22(15-17-23)21-12-8-5-9-13-21/h4-17,24H,18-19H2,1-3H3,(H,30,35). The second-order valence-electron chi connectivity index (χ2n) is 9.82. The van der Waals surface area contributed by atoms with Crippen LogP contribution in [0.1, 0.15) is 43.8 Å². The Morgan fingerprint density at radius 1 is 0.919 bits per heavy atom. The van der Waals surface area contributed by atoms with Crippen molar-refractivity contribution in [2.45, 2.75) is 44.0 Å². The summed E-state index contributed by atoms with van der Waals surface area (Å²) in [5, 5.41) is 17.4. The molecule has 0 aliphatic carbocycles. The second-order valence-corrected chi connectivity index (χ2v) is 10.8. The van der Waals surface area contributed by atoms with Gasteiger partial charge in [0.25, 0.3) is 0 Å². The van der Waals surface area contributed by atoms with Crippen LogP contribution in [0.4, 0.5) is 4.79 Å². The van der Waals surface area contributed by atoms with Gasteiger partial charge in [-0.15, -0.1) is 10.2 Å². The number of fused-ring (bicyclic) bond motifs is 1. The number of carbonyl (C=O) groups excluding carboxylic acids is 1. The van der Waals surface area contributed by atoms with Crippen LogP contribution in [-0.4, -0.2) is 38.0 Å². The van der Waals surface area contributed by atoms with Gasteiger partial charge in [0.2, 0.25) is 5.16 Å². The number of thioether (sulfide) groups is 1. The molecule has 0 radical (unpaired) electrons. The number of aromatic nitrogens is 3. The van der Waals surface area contributed by atoms with Crippen molar-refractivity contribution in [2.75, 3.05) is 5.75 Å². The molecule has 0 saturated carbocycles. The van der Waals surface area contributed by atoms with Crippen molar-refractivity contribution < 1.29 is 9.53 Å². The third-order valence-corrected chi connectivity index (χ3v) is 6.74. The van der Waals surface area contributed by atoms with Crippen molar-refractivity contribution in [2.24, 2.45) is 5.10 Å². The average molecular weight is 512 g/mol. The quantitative estimate of drug-likeness (QED) is 0.338. The number of alkyl carbamates (subject to hydrolysis) is 1. The summed E-state index contributed by atoms with van der Waals surface area (Å²) in [7, 11) is 0. The number of ether oxygens (including phenoxy) is 1. The summed E-state index contributed by atoms with van der Waals surface area (Å²) in [6, 6.07) is 28.2. The van der Waals surface area contributed by atoms with Crippen LogP contribution in [-0.2, 0) is 11.2 Å². The zero-order valence-corrected chi connectivity index (χ0v) is 21.9. The van der Waals surface area contributed by atoms with Gasteiger partial charge in [-0.05, 0) is 43.0 Å². The summed E-state index contributed by atoms with van der Waals surface area (Å²) in [5.74, 6) is 1.25. The van der Waals surface area contributed by atoms with Crippen LogP contribution >= 0.6 is 11.8 Å². The molecule has 1 amide bonds. The lowest BCUT2D eigenvalue weighted by Crippen LogP contribution is -2.37. The molecule has 1 atom stereocenters. The van der Waals surface area contributed by atoms with E-state index in [1.54, 1.807) is 16.4 Å². The van der Waals surface area contributed by atoms with E-state index in [1.165, 1.54) is 5.56 Å². The first-order chi connectivity index (χ1) is 17.9. The molecule has 1 N–H and O–H groups in total. The predicted octanol–water partition coefficient (Wildman–Crippen LogP) is 6.11. The molecule has 0 bridgehead atoms. The van der Waals surface area contributed by atoms with Crippen molar-refractivity contribution >= 4 is 23.6 Å². The fraction of sp³-hybridized carbons (Fsp3) is 0.241. The van der Waals surface area contributed by atoms with Gasteiger partial charge in [0, 0.05) is 12.2 Å². The Hall–Kier alpha value is -3.91. The highest BCUT2D eigenvalue weighted by atomic mass is 32.2. The number of benzene rings is 3. The molecule has 0 fully saturated rings. The smallest absolute Gasteiger partial charge is 0.408 e. The van der Waals surface area contributed by atoms with Gasteiger partial charge in [0.15, 0.2) is 5.82 Å². The van der Waals surface area contributed by atoms with Crippen LogP contribution in [0.15, 0.2) is 95.2 Å². The van der Waals surface area contributed by atoms with E-state index in [-0.39, 0.29) is 0 Å². The van der Waals surface area contributed by atoms with Gasteiger partial charge in [-0.2, -0.15) is 9.78 Å². The van der Waals surface area contributed by atoms with Crippen LogP contribution in [0.2, 0.25) is 0 Å². The molecule has 3 aromatic carbocycles. The Morgan fingerprint density at radius 2 is 1.54 bits per heavy atom. The molecular formula is C29H29N5O2S. The number of carbonyl (C=O) groups is 1. The van der Waals surface area contributed by atoms with Gasteiger partial charge >= 0.3 is 6.09 Å². The summed E-state index contributed by atoms with van der Waals surface area (Å²) in [4.78, 5) is 12.7. The number of amides is 1. The van der Waals surface area contributed by atoms with E-state index < -0.39 is 17.7 Å². The maximum absolute atomic E-state index is 12.7. The Labute approximate surface area is 221 Å². The highest BCUT2D eigenvalue weighted by molar-refractivity contribution is 7.99. The molecular weight excluding hydrogens is 482 g/mol. The van der Waals surface area contributed by atoms with Crippen LogP contribution in [0, 0.1) is 0 Å². The molecule has 37 heavy (non-hydrogen) atoms. The van der Waals surface area contributed by atoms with E-state index in [0.29, 0.717) is 23.2 Å². The summed E-state index contributed by atoms with van der Waals surface area (Å²) in [5.41, 5.74) is 4.74. The molecule has 1 aromatic heterocycles. The lowest BCUT2D eigenvalue weighted by Gasteiger charge is -2.24. The maximum Gasteiger partial charge on any atom is 0.408 e. The number of hydrogen-bond donors (Lipinski definition) is 1. The Balaban J connectivity index is 1.44. The van der Waals surface area contributed by atoms with E-state index in [1.807, 2.05) is 69.3 Å². The molecule has 8 heteroatoms. The number of nitrogens with one attached hydrogen (secondary N) is 1. The maximum atomic E-state index is 12.7. The molecule has 4 aromatic rings. The van der Waals surface area contributed by atoms with Crippen LogP contribution in [0.3, 0.4) is 0 Å². The topological polar surface area (TPSA) is 81.4 Å². The second kappa shape index (κ2) is 10.6. The third-order valence-electron chi connectivity index (χ3n) is 5.81. The normalized spacial score (nSPS) is 13.9. The van der Waals surface area contributed by atoms with E-state index in [0.717, 1.165) is 22.4 Å². The fourth-order valence-electron chi connectivity index (χ4n) is 4.09. The highest BCUT2D eigenvalue weighted by Gasteiger charge is 2.28. The molecule has 188 valence electrons. The van der Waals surface area contributed by atoms with Crippen molar-refractivity contribution in [1.82, 2.24) is 20.2 Å². The first kappa shape index (κ1) is 24.8. The van der Waals surface area contributed by atoms with Gasteiger partial charge in [-0.3, -0.25) is 0 Å². The summed E-state index contributed by atoms with van der Waals surface area (Å²) < 4.78 is 7.29. The van der Waals surface area contributed by atoms with Gasteiger partial charge in [-0.1, -0.05) is 96.7 Å². The van der Waals surface area contributed by atoms with E-state index in [2.05, 4.69) is 51.9 Å². The first-order valence-corrected chi connectivity index (χ1v) is 13.2. The van der Waals surface area contributed by atoms with Gasteiger partial charge < -0.3 is 10.1 Å². The molecule has 1 aliphatic heterocycles. The number of rotatable bonds is 6. The minimum Gasteiger partial charge on any atom is -0.444 e. The van der Waals surface area contributed by atoms with Crippen molar-refractivity contribution in [3.05, 3.63) is 102 Å². The van der Waals surface area contributed by atoms with Crippen LogP contribution < -0.4 is 5.32 Å². The minimum atomic E-state index is -0.612. The Morgan fingerprint density at radius 3 is 2.22 bits per heavy atom. The fourth-order valence-corrected chi connectivity index (χ4v) is 4.94. The van der Waals surface area contributed by atoms with E-state index in [4.69, 9.17) is 9.84 Å². The molecule has 2 heterocycles. The lowest BCUT2D eigenvalue weighted by atomic mass is 10.0. The molecule has 0 saturated heterocycles. The van der Waals surface area contributed by atoms with Gasteiger partial charge in [0.05, 0.1) is 11.8 Å². The molecule has 1 unspecified atom stereocenters. The molecule has 7 nitrogen and oxygen atoms in total. The number of hydrogen-bond acceptors (Lipinski definition) is 6. The van der Waals surface area contributed by atoms with Crippen molar-refractivity contribution in [3.8, 4) is 11.1 Å². The predicted molar refractivity (Wildman–Crippen MR) is 147 cm³/mol. The van der Waals surface area contributed by atoms with E-state index in [9.17, 15) is 4.79 Å². The summed E-state index contributed by atoms with van der Waals surface area (Å²) in [6.07, 6.45) is 0.0226. The van der Waals surface area contributed by atoms with Crippen molar-refractivity contribution in [3.63, 3.8) is 0 Å². The van der Waals surface area contributed by atoms with E-state index >= 15 is 0 Å². The monoisotopic (exact) mass is 511 g/mol. The lowest BCUT2D eigenvalue weighted by molar-refractivity contribution is 0.0500. The molecule has 0 spiro atoms. The zero-order valence-electron chi connectivity index (χ0n) is 21.1. The zero-order chi connectivity index (χ0) is 25.8. The Kier molecular flexibility index (Phi) is 7.10. The van der Waals surface area contributed by atoms with Crippen LogP contribution in [0.25, 0.3) is 11.1 Å². The summed E-state index contributed by atoms with van der Waals surface area (Å²) >= 11 is 1.58. The first-order valence-electron chi connectivity index (χ1n) is 12.2. The Bertz CT molecular complexity index is 1390. The number of nitrogens with zero attached hydrogens (tertiary/aromatic N) is 4. The summed E-state index contributed by atoms with van der Waals surface area (Å²) in [6.45, 7) is 5.52. The third kappa shape index (κ3) is 6.09. The van der Waals surface area contributed by atoms with Gasteiger partial charge in [0.1, 0.15) is 5.60 Å². The molecule has 5 rings (SSSR count). The highest BCUT2D eigenvalue weighted by Crippen LogP contribution is 2.29. The molecule has 1 aliphatic rings. The average Bonchev–Trinajstić information content (AvgIpc) is 3.32. The SMILES string of the molecule is CC(C)(C)OC(=O)NC(Cc1ccccc1)c1nnc2n1N=C(c1ccc(-c3ccccc3)cc1)CS2. The minimum absolute atomic E-state index is 0.470. The largest absolute Gasteiger partial charge is 0.444 e.